The number of halogens is 1. The minimum absolute atomic E-state index is 0. The van der Waals surface area contributed by atoms with E-state index in [2.05, 4.69) is 39.0 Å². The summed E-state index contributed by atoms with van der Waals surface area (Å²) < 4.78 is 0. The van der Waals surface area contributed by atoms with E-state index in [1.165, 1.54) is 0 Å². The maximum absolute atomic E-state index is 4.72. The number of thiazole rings is 1. The van der Waals surface area contributed by atoms with Crippen LogP contribution in [-0.2, 0) is 13.1 Å². The normalized spacial score (nSPS) is 11.1. The highest BCUT2D eigenvalue weighted by molar-refractivity contribution is 14.0. The molecule has 0 fully saturated rings. The molecule has 0 bridgehead atoms. The van der Waals surface area contributed by atoms with Crippen LogP contribution in [0.3, 0.4) is 0 Å². The Morgan fingerprint density at radius 1 is 1.19 bits per heavy atom. The molecule has 144 valence electrons. The summed E-state index contributed by atoms with van der Waals surface area (Å²) in [6.45, 7) is 4.11. The molecule has 6 nitrogen and oxygen atoms in total. The fourth-order valence-corrected chi connectivity index (χ4v) is 3.31. The van der Waals surface area contributed by atoms with E-state index in [1.807, 2.05) is 49.5 Å². The molecule has 1 aromatic carbocycles. The Bertz CT molecular complexity index is 887. The molecule has 0 amide bonds. The lowest BCUT2D eigenvalue weighted by molar-refractivity contribution is 0.803. The Morgan fingerprint density at radius 2 is 2.00 bits per heavy atom. The van der Waals surface area contributed by atoms with Crippen molar-refractivity contribution in [2.75, 3.05) is 25.5 Å². The van der Waals surface area contributed by atoms with Crippen LogP contribution < -0.4 is 15.5 Å². The second kappa shape index (κ2) is 10.4. The van der Waals surface area contributed by atoms with E-state index in [4.69, 9.17) is 4.99 Å². The molecule has 8 heteroatoms. The lowest BCUT2D eigenvalue weighted by atomic mass is 10.1. The summed E-state index contributed by atoms with van der Waals surface area (Å²) in [4.78, 5) is 15.7. The number of benzene rings is 1. The number of anilines is 1. The highest BCUT2D eigenvalue weighted by atomic mass is 127. The molecular formula is C19H25IN6S. The van der Waals surface area contributed by atoms with Gasteiger partial charge in [-0.25, -0.2) is 9.98 Å². The second-order valence-corrected chi connectivity index (χ2v) is 6.89. The standard InChI is InChI=1S/C19H24N6S.HI/c1-4-20-18(23-12-15-13-26-19(24-15)25(2)3)22-11-14-9-10-21-17-8-6-5-7-16(14)17;/h5-10,13H,4,11-12H2,1-3H3,(H2,20,22,23);1H. The summed E-state index contributed by atoms with van der Waals surface area (Å²) in [6, 6.07) is 10.2. The van der Waals surface area contributed by atoms with Gasteiger partial charge in [0.1, 0.15) is 0 Å². The van der Waals surface area contributed by atoms with Crippen LogP contribution >= 0.6 is 35.3 Å². The fraction of sp³-hybridized carbons (Fsp3) is 0.316. The summed E-state index contributed by atoms with van der Waals surface area (Å²) in [6.07, 6.45) is 1.84. The number of hydrogen-bond acceptors (Lipinski definition) is 5. The number of fused-ring (bicyclic) bond motifs is 1. The zero-order valence-electron chi connectivity index (χ0n) is 15.8. The Hall–Kier alpha value is -1.94. The second-order valence-electron chi connectivity index (χ2n) is 6.05. The van der Waals surface area contributed by atoms with Crippen LogP contribution in [-0.4, -0.2) is 36.6 Å². The molecule has 3 aromatic rings. The molecule has 0 saturated carbocycles. The molecule has 2 N–H and O–H groups in total. The van der Waals surface area contributed by atoms with Gasteiger partial charge in [-0.05, 0) is 24.6 Å². The topological polar surface area (TPSA) is 65.4 Å². The van der Waals surface area contributed by atoms with Gasteiger partial charge in [-0.15, -0.1) is 35.3 Å². The van der Waals surface area contributed by atoms with E-state index >= 15 is 0 Å². The summed E-state index contributed by atoms with van der Waals surface area (Å²) in [5.74, 6) is 0.785. The first-order valence-electron chi connectivity index (χ1n) is 8.64. The molecule has 3 rings (SSSR count). The smallest absolute Gasteiger partial charge is 0.191 e. The Kier molecular flexibility index (Phi) is 8.23. The summed E-state index contributed by atoms with van der Waals surface area (Å²) in [5, 5.41) is 10.9. The molecule has 0 unspecified atom stereocenters. The molecule has 2 heterocycles. The number of guanidine groups is 1. The highest BCUT2D eigenvalue weighted by Crippen LogP contribution is 2.18. The van der Waals surface area contributed by atoms with Gasteiger partial charge in [0.25, 0.3) is 0 Å². The summed E-state index contributed by atoms with van der Waals surface area (Å²) in [7, 11) is 4.00. The predicted molar refractivity (Wildman–Crippen MR) is 125 cm³/mol. The van der Waals surface area contributed by atoms with E-state index in [1.54, 1.807) is 11.3 Å². The van der Waals surface area contributed by atoms with Gasteiger partial charge in [0.15, 0.2) is 11.1 Å². The minimum Gasteiger partial charge on any atom is -0.357 e. The van der Waals surface area contributed by atoms with Gasteiger partial charge in [-0.1, -0.05) is 18.2 Å². The van der Waals surface area contributed by atoms with E-state index in [9.17, 15) is 0 Å². The molecular weight excluding hydrogens is 471 g/mol. The summed E-state index contributed by atoms with van der Waals surface area (Å²) >= 11 is 1.64. The average Bonchev–Trinajstić information content (AvgIpc) is 3.13. The number of nitrogens with one attached hydrogen (secondary N) is 2. The van der Waals surface area contributed by atoms with Crippen LogP contribution in [0.15, 0.2) is 46.9 Å². The van der Waals surface area contributed by atoms with Crippen molar-refractivity contribution >= 4 is 57.3 Å². The number of hydrogen-bond donors (Lipinski definition) is 2. The molecule has 0 spiro atoms. The highest BCUT2D eigenvalue weighted by Gasteiger charge is 2.05. The van der Waals surface area contributed by atoms with Crippen LogP contribution in [0.5, 0.6) is 0 Å². The van der Waals surface area contributed by atoms with Crippen LogP contribution in [0.1, 0.15) is 18.2 Å². The zero-order chi connectivity index (χ0) is 18.4. The first kappa shape index (κ1) is 21.4. The van der Waals surface area contributed by atoms with Crippen molar-refractivity contribution in [1.29, 1.82) is 0 Å². The van der Waals surface area contributed by atoms with Crippen molar-refractivity contribution in [1.82, 2.24) is 20.6 Å². The van der Waals surface area contributed by atoms with Crippen molar-refractivity contribution in [2.45, 2.75) is 20.0 Å². The van der Waals surface area contributed by atoms with Crippen molar-refractivity contribution in [3.63, 3.8) is 0 Å². The zero-order valence-corrected chi connectivity index (χ0v) is 18.9. The maximum Gasteiger partial charge on any atom is 0.191 e. The van der Waals surface area contributed by atoms with Crippen LogP contribution in [0.4, 0.5) is 5.13 Å². The molecule has 0 aliphatic heterocycles. The Balaban J connectivity index is 0.00000261. The third kappa shape index (κ3) is 5.77. The monoisotopic (exact) mass is 496 g/mol. The third-order valence-electron chi connectivity index (χ3n) is 3.85. The Labute approximate surface area is 181 Å². The van der Waals surface area contributed by atoms with Crippen molar-refractivity contribution in [2.24, 2.45) is 4.99 Å². The molecule has 0 radical (unpaired) electrons. The number of nitrogens with zero attached hydrogens (tertiary/aromatic N) is 4. The van der Waals surface area contributed by atoms with E-state index < -0.39 is 0 Å². The quantitative estimate of drug-likeness (QED) is 0.310. The maximum atomic E-state index is 4.72. The van der Waals surface area contributed by atoms with Crippen molar-refractivity contribution < 1.29 is 0 Å². The number of pyridine rings is 1. The number of aliphatic imine (C=N–C) groups is 1. The first-order valence-corrected chi connectivity index (χ1v) is 9.52. The van der Waals surface area contributed by atoms with Gasteiger partial charge in [-0.2, -0.15) is 0 Å². The van der Waals surface area contributed by atoms with Crippen molar-refractivity contribution in [3.8, 4) is 0 Å². The minimum atomic E-state index is 0. The average molecular weight is 496 g/mol. The molecule has 2 aromatic heterocycles. The number of para-hydroxylation sites is 1. The molecule has 0 saturated heterocycles. The largest absolute Gasteiger partial charge is 0.357 e. The van der Waals surface area contributed by atoms with Gasteiger partial charge < -0.3 is 15.5 Å². The van der Waals surface area contributed by atoms with E-state index in [0.29, 0.717) is 13.1 Å². The van der Waals surface area contributed by atoms with Gasteiger partial charge >= 0.3 is 0 Å². The SMILES string of the molecule is CCNC(=NCc1ccnc2ccccc12)NCc1csc(N(C)C)n1.I. The summed E-state index contributed by atoms with van der Waals surface area (Å²) in [5.41, 5.74) is 3.17. The van der Waals surface area contributed by atoms with Crippen LogP contribution in [0.2, 0.25) is 0 Å². The van der Waals surface area contributed by atoms with E-state index in [0.717, 1.165) is 39.8 Å². The molecule has 0 aliphatic carbocycles. The van der Waals surface area contributed by atoms with Crippen LogP contribution in [0.25, 0.3) is 10.9 Å². The van der Waals surface area contributed by atoms with Gasteiger partial charge in [0.05, 0.1) is 24.3 Å². The number of rotatable bonds is 6. The molecule has 27 heavy (non-hydrogen) atoms. The first-order chi connectivity index (χ1) is 12.7. The molecule has 0 atom stereocenters. The van der Waals surface area contributed by atoms with Crippen LogP contribution in [0, 0.1) is 0 Å². The fourth-order valence-electron chi connectivity index (χ4n) is 2.56. The van der Waals surface area contributed by atoms with Gasteiger partial charge in [0.2, 0.25) is 0 Å². The third-order valence-corrected chi connectivity index (χ3v) is 4.91. The number of aromatic nitrogens is 2. The van der Waals surface area contributed by atoms with Gasteiger partial charge in [0, 0.05) is 37.6 Å². The Morgan fingerprint density at radius 3 is 2.74 bits per heavy atom. The lowest BCUT2D eigenvalue weighted by Gasteiger charge is -2.11. The van der Waals surface area contributed by atoms with E-state index in [-0.39, 0.29) is 24.0 Å². The lowest BCUT2D eigenvalue weighted by Crippen LogP contribution is -2.36. The molecule has 0 aliphatic rings. The van der Waals surface area contributed by atoms with Crippen molar-refractivity contribution in [3.05, 3.63) is 53.2 Å². The predicted octanol–water partition coefficient (Wildman–Crippen LogP) is 3.63. The van der Waals surface area contributed by atoms with Gasteiger partial charge in [-0.3, -0.25) is 4.98 Å².